The lowest BCUT2D eigenvalue weighted by Crippen LogP contribution is -1.99. The lowest BCUT2D eigenvalue weighted by Gasteiger charge is -2.11. The average Bonchev–Trinajstić information content (AvgIpc) is 2.34. The smallest absolute Gasteiger partial charge is 0.330 e. The van der Waals surface area contributed by atoms with E-state index in [0.717, 1.165) is 5.56 Å². The highest BCUT2D eigenvalue weighted by Crippen LogP contribution is 2.29. The Morgan fingerprint density at radius 1 is 1.29 bits per heavy atom. The van der Waals surface area contributed by atoms with Crippen LogP contribution in [0.2, 0.25) is 0 Å². The van der Waals surface area contributed by atoms with Crippen molar-refractivity contribution in [2.45, 2.75) is 13.3 Å². The fraction of sp³-hybridized carbons (Fsp3) is 0.308. The van der Waals surface area contributed by atoms with E-state index in [1.54, 1.807) is 27.2 Å². The van der Waals surface area contributed by atoms with Gasteiger partial charge in [-0.2, -0.15) is 0 Å². The fourth-order valence-electron chi connectivity index (χ4n) is 1.47. The Labute approximate surface area is 100 Å². The molecule has 0 aliphatic heterocycles. The van der Waals surface area contributed by atoms with Crippen LogP contribution in [0.5, 0.6) is 11.5 Å². The van der Waals surface area contributed by atoms with Crippen molar-refractivity contribution in [3.05, 3.63) is 35.4 Å². The number of carboxylic acids is 1. The zero-order valence-electron chi connectivity index (χ0n) is 10.2. The van der Waals surface area contributed by atoms with E-state index in [0.29, 0.717) is 23.5 Å². The summed E-state index contributed by atoms with van der Waals surface area (Å²) < 4.78 is 10.4. The van der Waals surface area contributed by atoms with Crippen LogP contribution in [0.25, 0.3) is 0 Å². The van der Waals surface area contributed by atoms with Crippen molar-refractivity contribution in [3.63, 3.8) is 0 Å². The highest BCUT2D eigenvalue weighted by molar-refractivity contribution is 5.85. The molecule has 0 aromatic heterocycles. The summed E-state index contributed by atoms with van der Waals surface area (Å²) in [6.45, 7) is 1.56. The molecule has 0 amide bonds. The van der Waals surface area contributed by atoms with Gasteiger partial charge in [-0.3, -0.25) is 0 Å². The van der Waals surface area contributed by atoms with Gasteiger partial charge in [-0.1, -0.05) is 12.1 Å². The quantitative estimate of drug-likeness (QED) is 0.797. The van der Waals surface area contributed by atoms with Crippen molar-refractivity contribution in [2.75, 3.05) is 14.2 Å². The summed E-state index contributed by atoms with van der Waals surface area (Å²) in [7, 11) is 3.15. The maximum atomic E-state index is 10.7. The van der Waals surface area contributed by atoms with Gasteiger partial charge in [0.25, 0.3) is 0 Å². The molecule has 0 atom stereocenters. The summed E-state index contributed by atoms with van der Waals surface area (Å²) in [5.41, 5.74) is 1.15. The predicted octanol–water partition coefficient (Wildman–Crippen LogP) is 2.28. The Hall–Kier alpha value is -1.97. The van der Waals surface area contributed by atoms with Crippen molar-refractivity contribution in [1.29, 1.82) is 0 Å². The zero-order chi connectivity index (χ0) is 12.8. The topological polar surface area (TPSA) is 55.8 Å². The molecule has 0 heterocycles. The summed E-state index contributed by atoms with van der Waals surface area (Å²) >= 11 is 0. The molecule has 1 N–H and O–H groups in total. The molecule has 1 aromatic carbocycles. The van der Waals surface area contributed by atoms with E-state index < -0.39 is 5.97 Å². The second kappa shape index (κ2) is 5.94. The third kappa shape index (κ3) is 3.24. The summed E-state index contributed by atoms with van der Waals surface area (Å²) in [5.74, 6) is 0.469. The molecule has 0 saturated carbocycles. The number of methoxy groups -OCH3 is 2. The third-order valence-corrected chi connectivity index (χ3v) is 2.48. The standard InChI is InChI=1S/C13H16O4/c1-9(13(14)15)7-8-10-11(16-2)5-4-6-12(10)17-3/h4-7H,8H2,1-3H3,(H,14,15). The monoisotopic (exact) mass is 236 g/mol. The Bertz CT molecular complexity index is 413. The van der Waals surface area contributed by atoms with Gasteiger partial charge >= 0.3 is 5.97 Å². The van der Waals surface area contributed by atoms with Gasteiger partial charge in [0.2, 0.25) is 0 Å². The Morgan fingerprint density at radius 2 is 1.82 bits per heavy atom. The van der Waals surface area contributed by atoms with E-state index in [4.69, 9.17) is 14.6 Å². The van der Waals surface area contributed by atoms with E-state index in [9.17, 15) is 4.79 Å². The molecule has 17 heavy (non-hydrogen) atoms. The van der Waals surface area contributed by atoms with Crippen LogP contribution in [0.1, 0.15) is 12.5 Å². The van der Waals surface area contributed by atoms with Crippen LogP contribution in [0.4, 0.5) is 0 Å². The lowest BCUT2D eigenvalue weighted by molar-refractivity contribution is -0.132. The molecule has 0 unspecified atom stereocenters. The Kier molecular flexibility index (Phi) is 4.57. The van der Waals surface area contributed by atoms with Crippen LogP contribution in [0, 0.1) is 0 Å². The predicted molar refractivity (Wildman–Crippen MR) is 64.6 cm³/mol. The van der Waals surface area contributed by atoms with Gasteiger partial charge in [0.15, 0.2) is 0 Å². The number of benzene rings is 1. The zero-order valence-corrected chi connectivity index (χ0v) is 10.2. The molecular formula is C13H16O4. The van der Waals surface area contributed by atoms with E-state index in [1.165, 1.54) is 0 Å². The van der Waals surface area contributed by atoms with Crippen molar-refractivity contribution in [2.24, 2.45) is 0 Å². The van der Waals surface area contributed by atoms with Crippen LogP contribution >= 0.6 is 0 Å². The average molecular weight is 236 g/mol. The maximum Gasteiger partial charge on any atom is 0.330 e. The van der Waals surface area contributed by atoms with Gasteiger partial charge in [-0.05, 0) is 25.5 Å². The van der Waals surface area contributed by atoms with Gasteiger partial charge in [0.1, 0.15) is 11.5 Å². The number of aliphatic carboxylic acids is 1. The van der Waals surface area contributed by atoms with E-state index in [2.05, 4.69) is 0 Å². The first-order chi connectivity index (χ1) is 8.10. The minimum absolute atomic E-state index is 0.304. The van der Waals surface area contributed by atoms with Gasteiger partial charge in [-0.25, -0.2) is 4.79 Å². The Balaban J connectivity index is 3.03. The number of allylic oxidation sites excluding steroid dienone is 1. The molecule has 4 nitrogen and oxygen atoms in total. The number of carbonyl (C=O) groups is 1. The second-order valence-corrected chi connectivity index (χ2v) is 3.54. The first-order valence-corrected chi connectivity index (χ1v) is 5.20. The van der Waals surface area contributed by atoms with Crippen LogP contribution in [0.15, 0.2) is 29.8 Å². The molecule has 0 spiro atoms. The lowest BCUT2D eigenvalue weighted by atomic mass is 10.1. The molecule has 0 bridgehead atoms. The number of carboxylic acid groups (broad SMARTS) is 1. The fourth-order valence-corrected chi connectivity index (χ4v) is 1.47. The molecule has 1 aromatic rings. The molecule has 0 saturated heterocycles. The van der Waals surface area contributed by atoms with Crippen LogP contribution in [0.3, 0.4) is 0 Å². The highest BCUT2D eigenvalue weighted by atomic mass is 16.5. The van der Waals surface area contributed by atoms with Gasteiger partial charge in [0.05, 0.1) is 14.2 Å². The normalized spacial score (nSPS) is 11.1. The first-order valence-electron chi connectivity index (χ1n) is 5.20. The van der Waals surface area contributed by atoms with Gasteiger partial charge < -0.3 is 14.6 Å². The Morgan fingerprint density at radius 3 is 2.24 bits per heavy atom. The van der Waals surface area contributed by atoms with Crippen molar-refractivity contribution >= 4 is 5.97 Å². The molecule has 4 heteroatoms. The van der Waals surface area contributed by atoms with Crippen LogP contribution < -0.4 is 9.47 Å². The number of hydrogen-bond acceptors (Lipinski definition) is 3. The SMILES string of the molecule is COc1cccc(OC)c1CC=C(C)C(=O)O. The van der Waals surface area contributed by atoms with Crippen molar-refractivity contribution in [3.8, 4) is 11.5 Å². The van der Waals surface area contributed by atoms with Crippen molar-refractivity contribution in [1.82, 2.24) is 0 Å². The highest BCUT2D eigenvalue weighted by Gasteiger charge is 2.09. The van der Waals surface area contributed by atoms with Crippen molar-refractivity contribution < 1.29 is 19.4 Å². The number of ether oxygens (including phenoxy) is 2. The van der Waals surface area contributed by atoms with E-state index in [-0.39, 0.29) is 0 Å². The minimum Gasteiger partial charge on any atom is -0.496 e. The van der Waals surface area contributed by atoms with Gasteiger partial charge in [0, 0.05) is 11.1 Å². The molecule has 0 fully saturated rings. The van der Waals surface area contributed by atoms with Crippen LogP contribution in [-0.2, 0) is 11.2 Å². The number of hydrogen-bond donors (Lipinski definition) is 1. The summed E-state index contributed by atoms with van der Waals surface area (Å²) in [4.78, 5) is 10.7. The third-order valence-electron chi connectivity index (χ3n) is 2.48. The second-order valence-electron chi connectivity index (χ2n) is 3.54. The summed E-state index contributed by atoms with van der Waals surface area (Å²) in [6, 6.07) is 5.47. The molecule has 1 rings (SSSR count). The molecule has 0 aliphatic carbocycles. The minimum atomic E-state index is -0.918. The number of rotatable bonds is 5. The summed E-state index contributed by atoms with van der Waals surface area (Å²) in [5, 5.41) is 8.78. The first kappa shape index (κ1) is 13.1. The van der Waals surface area contributed by atoms with Gasteiger partial charge in [-0.15, -0.1) is 0 Å². The summed E-state index contributed by atoms with van der Waals surface area (Å²) in [6.07, 6.45) is 2.11. The van der Waals surface area contributed by atoms with E-state index in [1.807, 2.05) is 18.2 Å². The molecular weight excluding hydrogens is 220 g/mol. The van der Waals surface area contributed by atoms with E-state index >= 15 is 0 Å². The van der Waals surface area contributed by atoms with Crippen LogP contribution in [-0.4, -0.2) is 25.3 Å². The maximum absolute atomic E-state index is 10.7. The molecule has 92 valence electrons. The molecule has 0 radical (unpaired) electrons. The largest absolute Gasteiger partial charge is 0.496 e. The molecule has 0 aliphatic rings.